The molecule has 0 spiro atoms. The van der Waals surface area contributed by atoms with Gasteiger partial charge in [-0.15, -0.1) is 0 Å². The summed E-state index contributed by atoms with van der Waals surface area (Å²) in [6.45, 7) is 8.06. The summed E-state index contributed by atoms with van der Waals surface area (Å²) in [5, 5.41) is 21.8. The lowest BCUT2D eigenvalue weighted by Crippen LogP contribution is -2.50. The van der Waals surface area contributed by atoms with Crippen LogP contribution in [-0.4, -0.2) is 77.1 Å². The summed E-state index contributed by atoms with van der Waals surface area (Å²) in [7, 11) is 0. The molecule has 12 heteroatoms. The third-order valence-electron chi connectivity index (χ3n) is 9.37. The highest BCUT2D eigenvalue weighted by atomic mass is 35.5. The molecule has 0 radical (unpaired) electrons. The van der Waals surface area contributed by atoms with Gasteiger partial charge >= 0.3 is 0 Å². The van der Waals surface area contributed by atoms with E-state index < -0.39 is 0 Å². The van der Waals surface area contributed by atoms with Gasteiger partial charge in [-0.05, 0) is 72.7 Å². The number of hydrogen-bond acceptors (Lipinski definition) is 10. The van der Waals surface area contributed by atoms with E-state index in [1.165, 1.54) is 6.20 Å². The first-order chi connectivity index (χ1) is 25.2. The number of β-amino-alcohol motifs (C(OH)–C–C–N with tert-alkyl or cyclic N) is 1. The maximum atomic E-state index is 12.1. The van der Waals surface area contributed by atoms with Crippen molar-refractivity contribution in [3.63, 3.8) is 0 Å². The van der Waals surface area contributed by atoms with E-state index in [0.717, 1.165) is 66.0 Å². The van der Waals surface area contributed by atoms with Crippen LogP contribution in [-0.2, 0) is 29.3 Å². The number of aliphatic hydroxyl groups is 1. The number of rotatable bonds is 14. The summed E-state index contributed by atoms with van der Waals surface area (Å²) in [5.41, 5.74) is 7.06. The molecule has 1 atom stereocenters. The minimum Gasteiger partial charge on any atom is -0.493 e. The van der Waals surface area contributed by atoms with Gasteiger partial charge in [0.05, 0.1) is 36.4 Å². The van der Waals surface area contributed by atoms with Crippen LogP contribution in [0.4, 0.5) is 0 Å². The van der Waals surface area contributed by atoms with Crippen LogP contribution >= 0.6 is 11.6 Å². The van der Waals surface area contributed by atoms with Gasteiger partial charge in [0.15, 0.2) is 0 Å². The van der Waals surface area contributed by atoms with Crippen molar-refractivity contribution in [3.8, 4) is 34.4 Å². The second-order valence-electron chi connectivity index (χ2n) is 13.2. The summed E-state index contributed by atoms with van der Waals surface area (Å²) in [4.78, 5) is 32.2. The second kappa shape index (κ2) is 17.0. The number of aromatic nitrogens is 1. The molecule has 2 N–H and O–H groups in total. The SMILES string of the molecule is Cc1c(COc2cc(OCc3cncc(C#N)c3)c(CN3CC(=O)NC(=O)C3)cc2Cl)cccc1-c1cccc(OCCCN2CC[C@@H](O)C2)c1C. The minimum absolute atomic E-state index is 0.0593. The highest BCUT2D eigenvalue weighted by Gasteiger charge is 2.25. The highest BCUT2D eigenvalue weighted by molar-refractivity contribution is 6.32. The zero-order valence-corrected chi connectivity index (χ0v) is 30.1. The molecule has 52 heavy (non-hydrogen) atoms. The molecule has 11 nitrogen and oxygen atoms in total. The Labute approximate surface area is 308 Å². The first-order valence-corrected chi connectivity index (χ1v) is 17.7. The van der Waals surface area contributed by atoms with E-state index in [9.17, 15) is 20.0 Å². The lowest BCUT2D eigenvalue weighted by molar-refractivity contribution is -0.136. The molecule has 270 valence electrons. The zero-order valence-electron chi connectivity index (χ0n) is 29.4. The van der Waals surface area contributed by atoms with Crippen LogP contribution in [0, 0.1) is 25.2 Å². The molecular weight excluding hydrogens is 682 g/mol. The summed E-state index contributed by atoms with van der Waals surface area (Å²) >= 11 is 6.78. The smallest absolute Gasteiger partial charge is 0.240 e. The number of aliphatic hydroxyl groups excluding tert-OH is 1. The Morgan fingerprint density at radius 3 is 2.40 bits per heavy atom. The fourth-order valence-corrected chi connectivity index (χ4v) is 6.86. The van der Waals surface area contributed by atoms with Gasteiger partial charge < -0.3 is 24.2 Å². The van der Waals surface area contributed by atoms with E-state index >= 15 is 0 Å². The van der Waals surface area contributed by atoms with Crippen molar-refractivity contribution in [2.45, 2.75) is 52.6 Å². The summed E-state index contributed by atoms with van der Waals surface area (Å²) in [6, 6.07) is 19.5. The number of nitrogens with zero attached hydrogens (tertiary/aromatic N) is 4. The number of amides is 2. The van der Waals surface area contributed by atoms with Gasteiger partial charge in [-0.2, -0.15) is 5.26 Å². The monoisotopic (exact) mass is 723 g/mol. The molecule has 0 unspecified atom stereocenters. The van der Waals surface area contributed by atoms with E-state index in [2.05, 4.69) is 47.3 Å². The fraction of sp³-hybridized carbons (Fsp3) is 0.350. The summed E-state index contributed by atoms with van der Waals surface area (Å²) in [5.74, 6) is 0.995. The number of likely N-dealkylation sites (tertiary alicyclic amines) is 1. The van der Waals surface area contributed by atoms with Crippen molar-refractivity contribution in [2.24, 2.45) is 0 Å². The zero-order chi connectivity index (χ0) is 36.6. The third kappa shape index (κ3) is 9.26. The predicted molar refractivity (Wildman–Crippen MR) is 196 cm³/mol. The van der Waals surface area contributed by atoms with Crippen molar-refractivity contribution < 1.29 is 28.9 Å². The number of pyridine rings is 1. The number of imide groups is 1. The largest absolute Gasteiger partial charge is 0.493 e. The number of piperazine rings is 1. The first-order valence-electron chi connectivity index (χ1n) is 17.4. The Balaban J connectivity index is 1.17. The number of carbonyl (C=O) groups excluding carboxylic acids is 2. The number of hydrogen-bond donors (Lipinski definition) is 2. The summed E-state index contributed by atoms with van der Waals surface area (Å²) in [6.07, 6.45) is 4.62. The topological polar surface area (TPSA) is 137 Å². The van der Waals surface area contributed by atoms with Crippen LogP contribution in [0.3, 0.4) is 0 Å². The second-order valence-corrected chi connectivity index (χ2v) is 13.6. The normalized spacial score (nSPS) is 16.4. The fourth-order valence-electron chi connectivity index (χ4n) is 6.62. The van der Waals surface area contributed by atoms with E-state index in [1.807, 2.05) is 24.3 Å². The minimum atomic E-state index is -0.369. The number of nitriles is 1. The Kier molecular flexibility index (Phi) is 12.0. The Bertz CT molecular complexity index is 1960. The number of ether oxygens (including phenoxy) is 3. The molecule has 2 fully saturated rings. The molecule has 1 aromatic heterocycles. The molecule has 0 bridgehead atoms. The maximum absolute atomic E-state index is 12.1. The molecule has 4 aromatic rings. The van der Waals surface area contributed by atoms with Gasteiger partial charge in [0.25, 0.3) is 0 Å². The van der Waals surface area contributed by atoms with Crippen LogP contribution in [0.2, 0.25) is 5.02 Å². The van der Waals surface area contributed by atoms with Crippen LogP contribution < -0.4 is 19.5 Å². The van der Waals surface area contributed by atoms with Crippen molar-refractivity contribution in [2.75, 3.05) is 39.3 Å². The van der Waals surface area contributed by atoms with E-state index in [0.29, 0.717) is 39.8 Å². The van der Waals surface area contributed by atoms with Crippen molar-refractivity contribution in [1.29, 1.82) is 5.26 Å². The first kappa shape index (κ1) is 36.8. The van der Waals surface area contributed by atoms with E-state index in [1.54, 1.807) is 29.3 Å². The van der Waals surface area contributed by atoms with Gasteiger partial charge in [0.1, 0.15) is 36.5 Å². The average molecular weight is 724 g/mol. The number of carbonyl (C=O) groups is 2. The van der Waals surface area contributed by atoms with Crippen molar-refractivity contribution >= 4 is 23.4 Å². The van der Waals surface area contributed by atoms with Crippen LogP contribution in [0.1, 0.15) is 46.2 Å². The third-order valence-corrected chi connectivity index (χ3v) is 9.66. The van der Waals surface area contributed by atoms with Crippen molar-refractivity contribution in [3.05, 3.63) is 105 Å². The molecule has 3 heterocycles. The van der Waals surface area contributed by atoms with E-state index in [-0.39, 0.29) is 50.8 Å². The standard InChI is InChI=1S/C40H42ClN5O6/c1-26-30(6-3-7-33(26)34-8-4-9-36(27(34)2)50-13-5-11-45-12-10-32(47)21-45)25-52-38-16-37(51-24-29-14-28(17-42)18-43-19-29)31(15-35(38)41)20-46-22-39(48)44-40(49)23-46/h3-4,6-9,14-16,18-19,32,47H,5,10-13,20-25H2,1-2H3,(H,44,48,49)/t32-/m1/s1. The van der Waals surface area contributed by atoms with Crippen molar-refractivity contribution in [1.82, 2.24) is 20.1 Å². The average Bonchev–Trinajstić information content (AvgIpc) is 3.54. The number of nitrogens with one attached hydrogen (secondary N) is 1. The molecule has 6 rings (SSSR count). The molecule has 0 aliphatic carbocycles. The Hall–Kier alpha value is -4.99. The molecule has 2 amide bonds. The predicted octanol–water partition coefficient (Wildman–Crippen LogP) is 5.34. The Morgan fingerprint density at radius 1 is 0.904 bits per heavy atom. The molecule has 2 aliphatic heterocycles. The molecule has 0 saturated carbocycles. The van der Waals surface area contributed by atoms with Crippen LogP contribution in [0.15, 0.2) is 67.0 Å². The quantitative estimate of drug-likeness (QED) is 0.130. The molecule has 3 aromatic carbocycles. The van der Waals surface area contributed by atoms with Gasteiger partial charge in [-0.3, -0.25) is 24.8 Å². The van der Waals surface area contributed by atoms with Crippen LogP contribution in [0.25, 0.3) is 11.1 Å². The van der Waals surface area contributed by atoms with Gasteiger partial charge in [-0.25, -0.2) is 0 Å². The van der Waals surface area contributed by atoms with Gasteiger partial charge in [-0.1, -0.05) is 41.9 Å². The lowest BCUT2D eigenvalue weighted by Gasteiger charge is -2.26. The molecular formula is C40H42ClN5O6. The lowest BCUT2D eigenvalue weighted by atomic mass is 9.93. The maximum Gasteiger partial charge on any atom is 0.240 e. The summed E-state index contributed by atoms with van der Waals surface area (Å²) < 4.78 is 18.8. The number of benzene rings is 3. The highest BCUT2D eigenvalue weighted by Crippen LogP contribution is 2.37. The molecule has 2 aliphatic rings. The van der Waals surface area contributed by atoms with Gasteiger partial charge in [0.2, 0.25) is 11.8 Å². The Morgan fingerprint density at radius 2 is 1.65 bits per heavy atom. The van der Waals surface area contributed by atoms with Crippen LogP contribution in [0.5, 0.6) is 17.2 Å². The van der Waals surface area contributed by atoms with Gasteiger partial charge in [0, 0.05) is 55.8 Å². The molecule has 2 saturated heterocycles. The number of halogens is 1. The van der Waals surface area contributed by atoms with E-state index in [4.69, 9.17) is 25.8 Å².